The summed E-state index contributed by atoms with van der Waals surface area (Å²) in [7, 11) is 1.46. The van der Waals surface area contributed by atoms with Gasteiger partial charge in [0.1, 0.15) is 10.8 Å². The summed E-state index contributed by atoms with van der Waals surface area (Å²) < 4.78 is 7.29. The molecule has 2 aliphatic rings. The number of non-ortho nitro benzene ring substituents is 1. The predicted octanol–water partition coefficient (Wildman–Crippen LogP) is 4.29. The van der Waals surface area contributed by atoms with Gasteiger partial charge in [-0.2, -0.15) is 15.1 Å². The molecule has 0 bridgehead atoms. The van der Waals surface area contributed by atoms with E-state index in [0.717, 1.165) is 22.0 Å². The minimum absolute atomic E-state index is 0.0223. The number of fused-ring (bicyclic) bond motifs is 1. The van der Waals surface area contributed by atoms with E-state index in [0.29, 0.717) is 16.6 Å². The van der Waals surface area contributed by atoms with Crippen molar-refractivity contribution in [1.82, 2.24) is 9.58 Å². The zero-order valence-electron chi connectivity index (χ0n) is 18.7. The number of hydrazone groups is 1. The van der Waals surface area contributed by atoms with Crippen LogP contribution in [0, 0.1) is 35.3 Å². The summed E-state index contributed by atoms with van der Waals surface area (Å²) in [5, 5.41) is 26.7. The molecule has 10 nitrogen and oxygen atoms in total. The number of benzene rings is 1. The average Bonchev–Trinajstić information content (AvgIpc) is 3.31. The van der Waals surface area contributed by atoms with Gasteiger partial charge in [-0.05, 0) is 49.4 Å². The molecule has 0 saturated heterocycles. The molecule has 1 aromatic heterocycles. The number of amidine groups is 2. The molecule has 0 atom stereocenters. The molecule has 11 heteroatoms. The van der Waals surface area contributed by atoms with E-state index in [1.54, 1.807) is 12.1 Å². The number of aliphatic imine (C=N–C) groups is 1. The predicted molar refractivity (Wildman–Crippen MR) is 128 cm³/mol. The van der Waals surface area contributed by atoms with Crippen molar-refractivity contribution in [3.05, 3.63) is 56.9 Å². The van der Waals surface area contributed by atoms with Crippen molar-refractivity contribution in [2.45, 2.75) is 27.7 Å². The maximum absolute atomic E-state index is 12.7. The lowest BCUT2D eigenvalue weighted by molar-refractivity contribution is -0.384. The monoisotopic (exact) mass is 466 g/mol. The van der Waals surface area contributed by atoms with Gasteiger partial charge in [0.2, 0.25) is 5.17 Å². The maximum Gasteiger partial charge on any atom is 0.283 e. The van der Waals surface area contributed by atoms with Gasteiger partial charge in [0.25, 0.3) is 11.6 Å². The van der Waals surface area contributed by atoms with Gasteiger partial charge in [0.05, 0.1) is 29.4 Å². The van der Waals surface area contributed by atoms with Crippen LogP contribution in [0.4, 0.5) is 5.69 Å². The first-order chi connectivity index (χ1) is 15.6. The standard InChI is InChI=1S/C22H22N6O4S/c1-11(2)21-25-27-19(23)16(20(29)24-22(27)33-21)9-14-8-12(3)26(13(14)4)17-7-6-15(28(30)31)10-18(17)32-5/h6-11,23H,1-5H3. The Morgan fingerprint density at radius 1 is 1.27 bits per heavy atom. The molecule has 0 fully saturated rings. The second-order valence-electron chi connectivity index (χ2n) is 7.89. The lowest BCUT2D eigenvalue weighted by atomic mass is 10.1. The maximum atomic E-state index is 12.7. The Morgan fingerprint density at radius 2 is 2.00 bits per heavy atom. The molecule has 170 valence electrons. The Balaban J connectivity index is 1.76. The number of methoxy groups -OCH3 is 1. The molecule has 2 aliphatic heterocycles. The fourth-order valence-electron chi connectivity index (χ4n) is 3.66. The molecular formula is C22H22N6O4S. The normalized spacial score (nSPS) is 16.9. The Bertz CT molecular complexity index is 1300. The van der Waals surface area contributed by atoms with E-state index in [2.05, 4.69) is 10.1 Å². The summed E-state index contributed by atoms with van der Waals surface area (Å²) in [6.07, 6.45) is 1.63. The molecule has 3 heterocycles. The molecular weight excluding hydrogens is 444 g/mol. The van der Waals surface area contributed by atoms with Crippen molar-refractivity contribution in [3.63, 3.8) is 0 Å². The topological polar surface area (TPSA) is 126 Å². The van der Waals surface area contributed by atoms with E-state index in [1.807, 2.05) is 38.3 Å². The van der Waals surface area contributed by atoms with Crippen molar-refractivity contribution in [3.8, 4) is 11.4 Å². The largest absolute Gasteiger partial charge is 0.494 e. The van der Waals surface area contributed by atoms with Crippen LogP contribution in [-0.2, 0) is 4.79 Å². The molecule has 1 N–H and O–H groups in total. The molecule has 2 aromatic rings. The fraction of sp³-hybridized carbons (Fsp3) is 0.273. The van der Waals surface area contributed by atoms with Crippen molar-refractivity contribution in [2.75, 3.05) is 7.11 Å². The molecule has 0 unspecified atom stereocenters. The lowest BCUT2D eigenvalue weighted by Gasteiger charge is -2.20. The summed E-state index contributed by atoms with van der Waals surface area (Å²) in [5.74, 6) is 0.00218. The van der Waals surface area contributed by atoms with E-state index in [1.165, 1.54) is 36.0 Å². The van der Waals surface area contributed by atoms with Crippen molar-refractivity contribution < 1.29 is 14.5 Å². The number of aromatic nitrogens is 1. The van der Waals surface area contributed by atoms with Gasteiger partial charge in [-0.15, -0.1) is 0 Å². The van der Waals surface area contributed by atoms with Gasteiger partial charge in [-0.1, -0.05) is 13.8 Å². The van der Waals surface area contributed by atoms with Gasteiger partial charge < -0.3 is 9.30 Å². The van der Waals surface area contributed by atoms with Crippen LogP contribution in [0.5, 0.6) is 5.75 Å². The third-order valence-corrected chi connectivity index (χ3v) is 6.56. The highest BCUT2D eigenvalue weighted by Gasteiger charge is 2.36. The second kappa shape index (κ2) is 8.32. The summed E-state index contributed by atoms with van der Waals surface area (Å²) >= 11 is 1.30. The summed E-state index contributed by atoms with van der Waals surface area (Å²) in [6.45, 7) is 7.74. The molecule has 0 aliphatic carbocycles. The number of carbonyl (C=O) groups is 1. The number of nitro groups is 1. The molecule has 0 radical (unpaired) electrons. The van der Waals surface area contributed by atoms with E-state index in [4.69, 9.17) is 10.1 Å². The first-order valence-corrected chi connectivity index (χ1v) is 11.0. The quantitative estimate of drug-likeness (QED) is 0.398. The number of amides is 1. The number of rotatable bonds is 5. The first kappa shape index (κ1) is 22.5. The van der Waals surface area contributed by atoms with Crippen molar-refractivity contribution in [1.29, 1.82) is 5.41 Å². The van der Waals surface area contributed by atoms with Crippen LogP contribution < -0.4 is 4.74 Å². The third kappa shape index (κ3) is 3.84. The van der Waals surface area contributed by atoms with Crippen LogP contribution >= 0.6 is 11.8 Å². The number of ether oxygens (including phenoxy) is 1. The number of nitrogens with one attached hydrogen (secondary N) is 1. The van der Waals surface area contributed by atoms with Gasteiger partial charge >= 0.3 is 0 Å². The number of nitrogens with zero attached hydrogens (tertiary/aromatic N) is 5. The molecule has 4 rings (SSSR count). The number of carbonyl (C=O) groups excluding carboxylic acids is 1. The Hall–Kier alpha value is -3.73. The van der Waals surface area contributed by atoms with Crippen LogP contribution in [0.3, 0.4) is 0 Å². The van der Waals surface area contributed by atoms with Gasteiger partial charge in [0.15, 0.2) is 5.84 Å². The van der Waals surface area contributed by atoms with Crippen LogP contribution in [0.1, 0.15) is 30.8 Å². The van der Waals surface area contributed by atoms with E-state index in [-0.39, 0.29) is 23.0 Å². The van der Waals surface area contributed by atoms with Crippen LogP contribution in [0.2, 0.25) is 0 Å². The van der Waals surface area contributed by atoms with Gasteiger partial charge in [0, 0.05) is 23.4 Å². The zero-order valence-corrected chi connectivity index (χ0v) is 19.6. The molecule has 0 spiro atoms. The van der Waals surface area contributed by atoms with Crippen LogP contribution in [0.25, 0.3) is 11.8 Å². The Labute approximate surface area is 194 Å². The molecule has 1 amide bonds. The number of nitro benzene ring substituents is 1. The number of aryl methyl sites for hydroxylation is 1. The number of hydrogen-bond acceptors (Lipinski definition) is 7. The number of hydrogen-bond donors (Lipinski definition) is 1. The first-order valence-electron chi connectivity index (χ1n) is 10.1. The third-order valence-electron chi connectivity index (χ3n) is 5.35. The van der Waals surface area contributed by atoms with E-state index < -0.39 is 10.8 Å². The summed E-state index contributed by atoms with van der Waals surface area (Å²) in [6, 6.07) is 6.30. The SMILES string of the molecule is COc1cc([N+](=O)[O-])ccc1-n1c(C)cc(C=C2C(=N)N3N=C(C(C)C)SC3=NC2=O)c1C. The minimum Gasteiger partial charge on any atom is -0.494 e. The van der Waals surface area contributed by atoms with Gasteiger partial charge in [-0.25, -0.2) is 0 Å². The minimum atomic E-state index is -0.489. The highest BCUT2D eigenvalue weighted by molar-refractivity contribution is 8.27. The Morgan fingerprint density at radius 3 is 2.64 bits per heavy atom. The zero-order chi connectivity index (χ0) is 24.0. The highest BCUT2D eigenvalue weighted by Crippen LogP contribution is 2.34. The summed E-state index contributed by atoms with van der Waals surface area (Å²) in [4.78, 5) is 27.5. The highest BCUT2D eigenvalue weighted by atomic mass is 32.2. The number of thioether (sulfide) groups is 1. The molecule has 33 heavy (non-hydrogen) atoms. The fourth-order valence-corrected chi connectivity index (χ4v) is 4.56. The van der Waals surface area contributed by atoms with Gasteiger partial charge in [-0.3, -0.25) is 20.3 Å². The van der Waals surface area contributed by atoms with E-state index in [9.17, 15) is 14.9 Å². The Kier molecular flexibility index (Phi) is 5.66. The summed E-state index contributed by atoms with van der Waals surface area (Å²) in [5.41, 5.74) is 3.05. The average molecular weight is 467 g/mol. The second-order valence-corrected chi connectivity index (χ2v) is 8.88. The smallest absolute Gasteiger partial charge is 0.283 e. The van der Waals surface area contributed by atoms with E-state index >= 15 is 0 Å². The molecule has 0 saturated carbocycles. The lowest BCUT2D eigenvalue weighted by Crippen LogP contribution is -2.35. The van der Waals surface area contributed by atoms with Crippen molar-refractivity contribution in [2.24, 2.45) is 16.0 Å². The van der Waals surface area contributed by atoms with Crippen LogP contribution in [0.15, 0.2) is 39.9 Å². The van der Waals surface area contributed by atoms with Crippen molar-refractivity contribution >= 4 is 45.5 Å². The molecule has 1 aromatic carbocycles. The van der Waals surface area contributed by atoms with Crippen LogP contribution in [-0.4, -0.2) is 43.6 Å².